The van der Waals surface area contributed by atoms with Gasteiger partial charge in [-0.2, -0.15) is 0 Å². The van der Waals surface area contributed by atoms with Crippen molar-refractivity contribution in [2.45, 2.75) is 13.0 Å². The highest BCUT2D eigenvalue weighted by Gasteiger charge is 2.24. The summed E-state index contributed by atoms with van der Waals surface area (Å²) in [6.07, 6.45) is 1.13. The molecule has 1 unspecified atom stereocenters. The molecule has 1 aromatic rings. The van der Waals surface area contributed by atoms with E-state index in [0.717, 1.165) is 37.6 Å². The number of guanidine groups is 1. The lowest BCUT2D eigenvalue weighted by atomic mass is 10.1. The number of methoxy groups -OCH3 is 1. The topological polar surface area (TPSA) is 66.0 Å². The van der Waals surface area contributed by atoms with Gasteiger partial charge in [-0.15, -0.1) is 24.0 Å². The predicted molar refractivity (Wildman–Crippen MR) is 107 cm³/mol. The Balaban J connectivity index is 0.00000288. The Bertz CT molecular complexity index is 565. The van der Waals surface area contributed by atoms with Crippen LogP contribution in [0.3, 0.4) is 0 Å². The average Bonchev–Trinajstić information content (AvgIpc) is 3.04. The summed E-state index contributed by atoms with van der Waals surface area (Å²) < 4.78 is 5.24. The zero-order valence-corrected chi connectivity index (χ0v) is 16.9. The van der Waals surface area contributed by atoms with E-state index in [1.54, 1.807) is 21.2 Å². The summed E-state index contributed by atoms with van der Waals surface area (Å²) in [6.45, 7) is 3.39. The first kappa shape index (κ1) is 20.7. The largest absolute Gasteiger partial charge is 0.384 e. The standard InChI is InChI=1S/C17H26N4O2.HI/c1-18-16(22)15-6-4-5-13(9-15)10-20-17(19-2)21-8-7-14(11-21)12-23-3;/h4-6,9,14H,7-8,10-12H2,1-3H3,(H,18,22)(H,19,20);1H. The summed E-state index contributed by atoms with van der Waals surface area (Å²) >= 11 is 0. The monoisotopic (exact) mass is 446 g/mol. The third kappa shape index (κ3) is 5.62. The fraction of sp³-hybridized carbons (Fsp3) is 0.529. The maximum absolute atomic E-state index is 11.7. The minimum absolute atomic E-state index is 0. The lowest BCUT2D eigenvalue weighted by Gasteiger charge is -2.21. The van der Waals surface area contributed by atoms with Gasteiger partial charge in [-0.3, -0.25) is 9.79 Å². The van der Waals surface area contributed by atoms with Crippen molar-refractivity contribution in [3.05, 3.63) is 35.4 Å². The number of amides is 1. The van der Waals surface area contributed by atoms with Gasteiger partial charge in [0.05, 0.1) is 6.61 Å². The maximum atomic E-state index is 11.7. The number of halogens is 1. The molecule has 1 aromatic carbocycles. The summed E-state index contributed by atoms with van der Waals surface area (Å²) in [7, 11) is 5.18. The Hall–Kier alpha value is -1.35. The highest BCUT2D eigenvalue weighted by Crippen LogP contribution is 2.16. The number of hydrogen-bond donors (Lipinski definition) is 2. The van der Waals surface area contributed by atoms with Crippen molar-refractivity contribution in [3.63, 3.8) is 0 Å². The van der Waals surface area contributed by atoms with Gasteiger partial charge in [0.15, 0.2) is 5.96 Å². The van der Waals surface area contributed by atoms with Crippen molar-refractivity contribution in [2.24, 2.45) is 10.9 Å². The van der Waals surface area contributed by atoms with Crippen molar-refractivity contribution in [1.82, 2.24) is 15.5 Å². The second-order valence-corrected chi connectivity index (χ2v) is 5.74. The normalized spacial score (nSPS) is 17.4. The molecule has 1 saturated heterocycles. The number of aliphatic imine (C=N–C) groups is 1. The Morgan fingerprint density at radius 1 is 1.46 bits per heavy atom. The fourth-order valence-corrected chi connectivity index (χ4v) is 2.88. The first-order valence-corrected chi connectivity index (χ1v) is 7.93. The van der Waals surface area contributed by atoms with Gasteiger partial charge < -0.3 is 20.3 Å². The van der Waals surface area contributed by atoms with E-state index in [1.165, 1.54) is 0 Å². The van der Waals surface area contributed by atoms with E-state index in [0.29, 0.717) is 18.0 Å². The molecule has 0 radical (unpaired) electrons. The van der Waals surface area contributed by atoms with Crippen molar-refractivity contribution in [1.29, 1.82) is 0 Å². The van der Waals surface area contributed by atoms with Gasteiger partial charge in [0, 0.05) is 52.3 Å². The molecule has 0 saturated carbocycles. The van der Waals surface area contributed by atoms with Crippen molar-refractivity contribution >= 4 is 35.8 Å². The molecule has 0 aromatic heterocycles. The molecule has 0 spiro atoms. The molecule has 7 heteroatoms. The molecule has 1 fully saturated rings. The van der Waals surface area contributed by atoms with Crippen LogP contribution in [-0.4, -0.2) is 57.7 Å². The number of hydrogen-bond acceptors (Lipinski definition) is 3. The van der Waals surface area contributed by atoms with Crippen LogP contribution in [0.25, 0.3) is 0 Å². The van der Waals surface area contributed by atoms with Crippen LogP contribution in [0.1, 0.15) is 22.3 Å². The number of benzene rings is 1. The fourth-order valence-electron chi connectivity index (χ4n) is 2.88. The van der Waals surface area contributed by atoms with Gasteiger partial charge in [0.1, 0.15) is 0 Å². The molecule has 1 amide bonds. The number of likely N-dealkylation sites (tertiary alicyclic amines) is 1. The lowest BCUT2D eigenvalue weighted by molar-refractivity contribution is 0.0963. The third-order valence-electron chi connectivity index (χ3n) is 4.07. The first-order valence-electron chi connectivity index (χ1n) is 7.93. The molecule has 6 nitrogen and oxygen atoms in total. The van der Waals surface area contributed by atoms with Crippen molar-refractivity contribution in [2.75, 3.05) is 40.9 Å². The molecule has 134 valence electrons. The van der Waals surface area contributed by atoms with Gasteiger partial charge in [0.25, 0.3) is 5.91 Å². The van der Waals surface area contributed by atoms with Crippen LogP contribution in [0.15, 0.2) is 29.3 Å². The zero-order chi connectivity index (χ0) is 16.7. The first-order chi connectivity index (χ1) is 11.2. The molecule has 1 aliphatic rings. The van der Waals surface area contributed by atoms with Crippen LogP contribution in [0, 0.1) is 5.92 Å². The van der Waals surface area contributed by atoms with Crippen molar-refractivity contribution < 1.29 is 9.53 Å². The Labute approximate surface area is 161 Å². The molecule has 1 atom stereocenters. The molecular weight excluding hydrogens is 419 g/mol. The Morgan fingerprint density at radius 3 is 2.92 bits per heavy atom. The zero-order valence-electron chi connectivity index (χ0n) is 14.5. The molecule has 24 heavy (non-hydrogen) atoms. The highest BCUT2D eigenvalue weighted by molar-refractivity contribution is 14.0. The van der Waals surface area contributed by atoms with E-state index in [-0.39, 0.29) is 29.9 Å². The lowest BCUT2D eigenvalue weighted by Crippen LogP contribution is -2.39. The van der Waals surface area contributed by atoms with Crippen LogP contribution in [0.5, 0.6) is 0 Å². The van der Waals surface area contributed by atoms with Gasteiger partial charge >= 0.3 is 0 Å². The summed E-state index contributed by atoms with van der Waals surface area (Å²) in [6, 6.07) is 7.61. The van der Waals surface area contributed by atoms with Gasteiger partial charge in [-0.05, 0) is 24.1 Å². The van der Waals surface area contributed by atoms with Crippen LogP contribution >= 0.6 is 24.0 Å². The predicted octanol–water partition coefficient (Wildman–Crippen LogP) is 1.71. The van der Waals surface area contributed by atoms with E-state index in [2.05, 4.69) is 20.5 Å². The molecule has 0 bridgehead atoms. The SMILES string of the molecule is CN=C(NCc1cccc(C(=O)NC)c1)N1CCC(COC)C1.I. The summed E-state index contributed by atoms with van der Waals surface area (Å²) in [5, 5.41) is 6.02. The number of nitrogens with one attached hydrogen (secondary N) is 2. The summed E-state index contributed by atoms with van der Waals surface area (Å²) in [4.78, 5) is 18.3. The number of nitrogens with zero attached hydrogens (tertiary/aromatic N) is 2. The molecule has 2 N–H and O–H groups in total. The second kappa shape index (κ2) is 10.5. The summed E-state index contributed by atoms with van der Waals surface area (Å²) in [5.41, 5.74) is 1.73. The summed E-state index contributed by atoms with van der Waals surface area (Å²) in [5.74, 6) is 1.39. The molecule has 1 heterocycles. The van der Waals surface area contributed by atoms with Crippen molar-refractivity contribution in [3.8, 4) is 0 Å². The maximum Gasteiger partial charge on any atom is 0.251 e. The minimum atomic E-state index is -0.0711. The van der Waals surface area contributed by atoms with Gasteiger partial charge in [-0.1, -0.05) is 12.1 Å². The smallest absolute Gasteiger partial charge is 0.251 e. The number of ether oxygens (including phenoxy) is 1. The van der Waals surface area contributed by atoms with E-state index in [1.807, 2.05) is 24.3 Å². The van der Waals surface area contributed by atoms with Crippen LogP contribution in [0.4, 0.5) is 0 Å². The van der Waals surface area contributed by atoms with E-state index >= 15 is 0 Å². The van der Waals surface area contributed by atoms with Crippen LogP contribution in [0.2, 0.25) is 0 Å². The van der Waals surface area contributed by atoms with Gasteiger partial charge in [0.2, 0.25) is 0 Å². The Morgan fingerprint density at radius 2 is 2.25 bits per heavy atom. The van der Waals surface area contributed by atoms with Crippen LogP contribution < -0.4 is 10.6 Å². The van der Waals surface area contributed by atoms with E-state index in [4.69, 9.17) is 4.74 Å². The second-order valence-electron chi connectivity index (χ2n) is 5.74. The molecule has 1 aliphatic heterocycles. The van der Waals surface area contributed by atoms with Crippen LogP contribution in [-0.2, 0) is 11.3 Å². The number of carbonyl (C=O) groups excluding carboxylic acids is 1. The van der Waals surface area contributed by atoms with Gasteiger partial charge in [-0.25, -0.2) is 0 Å². The average molecular weight is 446 g/mol. The van der Waals surface area contributed by atoms with E-state index < -0.39 is 0 Å². The molecule has 0 aliphatic carbocycles. The quantitative estimate of drug-likeness (QED) is 0.411. The highest BCUT2D eigenvalue weighted by atomic mass is 127. The number of carbonyl (C=O) groups is 1. The molecule has 2 rings (SSSR count). The molecular formula is C17H27IN4O2. The number of rotatable bonds is 5. The third-order valence-corrected chi connectivity index (χ3v) is 4.07. The Kier molecular flexibility index (Phi) is 9.05. The minimum Gasteiger partial charge on any atom is -0.384 e. The van der Waals surface area contributed by atoms with E-state index in [9.17, 15) is 4.79 Å².